The van der Waals surface area contributed by atoms with Gasteiger partial charge in [-0.25, -0.2) is 0 Å². The summed E-state index contributed by atoms with van der Waals surface area (Å²) in [7, 11) is 0. The summed E-state index contributed by atoms with van der Waals surface area (Å²) >= 11 is 0. The molecule has 2 aromatic carbocycles. The Morgan fingerprint density at radius 3 is 2.58 bits per heavy atom. The van der Waals surface area contributed by atoms with Gasteiger partial charge in [0.2, 0.25) is 0 Å². The second-order valence-electron chi connectivity index (χ2n) is 4.47. The number of nitrogens with zero attached hydrogens (tertiary/aromatic N) is 1. The van der Waals surface area contributed by atoms with Crippen molar-refractivity contribution in [2.24, 2.45) is 0 Å². The van der Waals surface area contributed by atoms with E-state index in [2.05, 4.69) is 13.0 Å². The maximum Gasteiger partial charge on any atom is 0.153 e. The fourth-order valence-corrected chi connectivity index (χ4v) is 2.27. The van der Waals surface area contributed by atoms with E-state index in [1.807, 2.05) is 48.5 Å². The third kappa shape index (κ3) is 1.90. The Morgan fingerprint density at radius 2 is 1.89 bits per heavy atom. The molecule has 92 valence electrons. The quantitative estimate of drug-likeness (QED) is 0.667. The van der Waals surface area contributed by atoms with Crippen molar-refractivity contribution >= 4 is 11.0 Å². The largest absolute Gasteiger partial charge is 0.455 e. The lowest BCUT2D eigenvalue weighted by Crippen LogP contribution is -1.80. The lowest BCUT2D eigenvalue weighted by atomic mass is 10.0. The SMILES string of the molecule is CCc1ccc2oc(-c3ccccc3)c(C#N)c2c1. The molecule has 0 bridgehead atoms. The Balaban J connectivity index is 2.30. The molecule has 1 aromatic heterocycles. The maximum absolute atomic E-state index is 9.42. The number of benzene rings is 2. The van der Waals surface area contributed by atoms with E-state index in [9.17, 15) is 5.26 Å². The summed E-state index contributed by atoms with van der Waals surface area (Å²) in [6.07, 6.45) is 0.951. The van der Waals surface area contributed by atoms with Gasteiger partial charge in [-0.1, -0.05) is 43.3 Å². The first-order valence-corrected chi connectivity index (χ1v) is 6.34. The van der Waals surface area contributed by atoms with E-state index in [1.165, 1.54) is 5.56 Å². The number of aryl methyl sites for hydroxylation is 1. The Kier molecular flexibility index (Phi) is 2.81. The molecule has 3 aromatic rings. The van der Waals surface area contributed by atoms with E-state index >= 15 is 0 Å². The highest BCUT2D eigenvalue weighted by Crippen LogP contribution is 2.33. The Morgan fingerprint density at radius 1 is 1.11 bits per heavy atom. The Bertz CT molecular complexity index is 763. The van der Waals surface area contributed by atoms with Crippen molar-refractivity contribution in [1.82, 2.24) is 0 Å². The van der Waals surface area contributed by atoms with Crippen LogP contribution in [0.25, 0.3) is 22.3 Å². The van der Waals surface area contributed by atoms with Crippen LogP contribution in [0, 0.1) is 11.3 Å². The molecule has 0 atom stereocenters. The average molecular weight is 247 g/mol. The summed E-state index contributed by atoms with van der Waals surface area (Å²) < 4.78 is 5.85. The van der Waals surface area contributed by atoms with Gasteiger partial charge in [0.05, 0.1) is 0 Å². The zero-order chi connectivity index (χ0) is 13.2. The number of hydrogen-bond acceptors (Lipinski definition) is 2. The molecule has 0 aliphatic rings. The third-order valence-electron chi connectivity index (χ3n) is 3.31. The molecule has 0 aliphatic carbocycles. The maximum atomic E-state index is 9.42. The lowest BCUT2D eigenvalue weighted by Gasteiger charge is -1.95. The van der Waals surface area contributed by atoms with Crippen LogP contribution < -0.4 is 0 Å². The predicted octanol–water partition coefficient (Wildman–Crippen LogP) is 4.53. The fourth-order valence-electron chi connectivity index (χ4n) is 2.27. The van der Waals surface area contributed by atoms with Crippen molar-refractivity contribution in [2.45, 2.75) is 13.3 Å². The number of rotatable bonds is 2. The minimum absolute atomic E-state index is 0.622. The first-order chi connectivity index (χ1) is 9.33. The van der Waals surface area contributed by atoms with Gasteiger partial charge in [0.25, 0.3) is 0 Å². The molecule has 0 aliphatic heterocycles. The third-order valence-corrected chi connectivity index (χ3v) is 3.31. The highest BCUT2D eigenvalue weighted by molar-refractivity contribution is 5.91. The summed E-state index contributed by atoms with van der Waals surface area (Å²) in [5, 5.41) is 10.3. The van der Waals surface area contributed by atoms with Crippen LogP contribution in [0.3, 0.4) is 0 Å². The van der Waals surface area contributed by atoms with Gasteiger partial charge >= 0.3 is 0 Å². The molecular weight excluding hydrogens is 234 g/mol. The molecule has 0 saturated heterocycles. The minimum atomic E-state index is 0.622. The van der Waals surface area contributed by atoms with Crippen LogP contribution in [0.2, 0.25) is 0 Å². The molecule has 0 radical (unpaired) electrons. The van der Waals surface area contributed by atoms with Crippen molar-refractivity contribution in [1.29, 1.82) is 5.26 Å². The topological polar surface area (TPSA) is 36.9 Å². The van der Waals surface area contributed by atoms with Gasteiger partial charge in [-0.15, -0.1) is 0 Å². The number of hydrogen-bond donors (Lipinski definition) is 0. The number of furan rings is 1. The predicted molar refractivity (Wildman–Crippen MR) is 75.7 cm³/mol. The first kappa shape index (κ1) is 11.6. The average Bonchev–Trinajstić information content (AvgIpc) is 2.85. The second-order valence-corrected chi connectivity index (χ2v) is 4.47. The zero-order valence-electron chi connectivity index (χ0n) is 10.7. The lowest BCUT2D eigenvalue weighted by molar-refractivity contribution is 0.630. The highest BCUT2D eigenvalue weighted by atomic mass is 16.3. The first-order valence-electron chi connectivity index (χ1n) is 6.34. The van der Waals surface area contributed by atoms with Gasteiger partial charge in [0, 0.05) is 10.9 Å². The van der Waals surface area contributed by atoms with Crippen LogP contribution >= 0.6 is 0 Å². The van der Waals surface area contributed by atoms with Crippen LogP contribution in [0.15, 0.2) is 52.9 Å². The van der Waals surface area contributed by atoms with Crippen molar-refractivity contribution in [3.8, 4) is 17.4 Å². The van der Waals surface area contributed by atoms with Gasteiger partial charge in [-0.3, -0.25) is 0 Å². The van der Waals surface area contributed by atoms with E-state index in [0.717, 1.165) is 23.0 Å². The van der Waals surface area contributed by atoms with Crippen LogP contribution in [-0.4, -0.2) is 0 Å². The van der Waals surface area contributed by atoms with E-state index in [0.29, 0.717) is 11.3 Å². The minimum Gasteiger partial charge on any atom is -0.455 e. The molecule has 1 heterocycles. The molecule has 3 rings (SSSR count). The number of fused-ring (bicyclic) bond motifs is 1. The van der Waals surface area contributed by atoms with Gasteiger partial charge in [0.15, 0.2) is 5.76 Å². The van der Waals surface area contributed by atoms with Crippen molar-refractivity contribution in [3.63, 3.8) is 0 Å². The Labute approximate surface area is 111 Å². The van der Waals surface area contributed by atoms with Gasteiger partial charge < -0.3 is 4.42 Å². The van der Waals surface area contributed by atoms with E-state index < -0.39 is 0 Å². The summed E-state index contributed by atoms with van der Waals surface area (Å²) in [4.78, 5) is 0. The van der Waals surface area contributed by atoms with E-state index in [4.69, 9.17) is 4.42 Å². The molecule has 0 saturated carbocycles. The molecule has 2 heteroatoms. The van der Waals surface area contributed by atoms with Gasteiger partial charge in [-0.2, -0.15) is 5.26 Å². The zero-order valence-corrected chi connectivity index (χ0v) is 10.7. The van der Waals surface area contributed by atoms with Gasteiger partial charge in [-0.05, 0) is 24.1 Å². The van der Waals surface area contributed by atoms with Crippen LogP contribution in [0.4, 0.5) is 0 Å². The highest BCUT2D eigenvalue weighted by Gasteiger charge is 2.15. The molecule has 0 fully saturated rings. The smallest absolute Gasteiger partial charge is 0.153 e. The van der Waals surface area contributed by atoms with Crippen molar-refractivity contribution in [3.05, 3.63) is 59.7 Å². The summed E-state index contributed by atoms with van der Waals surface area (Å²) in [5.41, 5.74) is 3.54. The Hall–Kier alpha value is -2.53. The fraction of sp³-hybridized carbons (Fsp3) is 0.118. The summed E-state index contributed by atoms with van der Waals surface area (Å²) in [5.74, 6) is 0.659. The van der Waals surface area contributed by atoms with E-state index in [-0.39, 0.29) is 0 Å². The molecule has 0 amide bonds. The molecule has 0 N–H and O–H groups in total. The molecule has 0 spiro atoms. The standard InChI is InChI=1S/C17H13NO/c1-2-12-8-9-16-14(10-12)15(11-18)17(19-16)13-6-4-3-5-7-13/h3-10H,2H2,1H3. The molecule has 2 nitrogen and oxygen atoms in total. The molecule has 0 unspecified atom stereocenters. The van der Waals surface area contributed by atoms with Gasteiger partial charge in [0.1, 0.15) is 17.2 Å². The monoisotopic (exact) mass is 247 g/mol. The van der Waals surface area contributed by atoms with Crippen molar-refractivity contribution in [2.75, 3.05) is 0 Å². The van der Waals surface area contributed by atoms with Crippen LogP contribution in [0.1, 0.15) is 18.1 Å². The van der Waals surface area contributed by atoms with Crippen LogP contribution in [-0.2, 0) is 6.42 Å². The molecule has 19 heavy (non-hydrogen) atoms. The normalized spacial score (nSPS) is 10.5. The summed E-state index contributed by atoms with van der Waals surface area (Å²) in [6.45, 7) is 2.10. The second kappa shape index (κ2) is 4.62. The molecular formula is C17H13NO. The van der Waals surface area contributed by atoms with Crippen molar-refractivity contribution < 1.29 is 4.42 Å². The number of nitriles is 1. The van der Waals surface area contributed by atoms with Crippen LogP contribution in [0.5, 0.6) is 0 Å². The summed E-state index contributed by atoms with van der Waals surface area (Å²) in [6, 6.07) is 18.1. The van der Waals surface area contributed by atoms with E-state index in [1.54, 1.807) is 0 Å².